The summed E-state index contributed by atoms with van der Waals surface area (Å²) < 4.78 is 11.8. The van der Waals surface area contributed by atoms with Gasteiger partial charge in [0, 0.05) is 16.5 Å². The largest absolute Gasteiger partial charge is 0.494 e. The summed E-state index contributed by atoms with van der Waals surface area (Å²) >= 11 is 0. The van der Waals surface area contributed by atoms with E-state index in [0.29, 0.717) is 13.2 Å². The summed E-state index contributed by atoms with van der Waals surface area (Å²) in [7, 11) is 0. The van der Waals surface area contributed by atoms with Gasteiger partial charge < -0.3 is 19.6 Å². The van der Waals surface area contributed by atoms with E-state index in [2.05, 4.69) is 11.9 Å². The number of nitrogens with one attached hydrogen (secondary N) is 1. The molecule has 4 rings (SSSR count). The summed E-state index contributed by atoms with van der Waals surface area (Å²) in [6.45, 7) is 3.24. The first-order valence-electron chi connectivity index (χ1n) is 10.9. The van der Waals surface area contributed by atoms with E-state index in [1.165, 1.54) is 0 Å². The van der Waals surface area contributed by atoms with E-state index < -0.39 is 5.97 Å². The van der Waals surface area contributed by atoms with E-state index in [1.807, 2.05) is 72.8 Å². The molecule has 4 aromatic rings. The Labute approximate surface area is 187 Å². The van der Waals surface area contributed by atoms with Crippen LogP contribution in [0.15, 0.2) is 72.8 Å². The number of hydrogen-bond donors (Lipinski definition) is 2. The van der Waals surface area contributed by atoms with Crippen LogP contribution in [0.1, 0.15) is 30.9 Å². The highest BCUT2D eigenvalue weighted by atomic mass is 16.5. The Morgan fingerprint density at radius 2 is 1.75 bits per heavy atom. The standard InChI is InChI=1S/C27H27NO4/c1-2-3-14-31-22-12-13-25-23(16-22)24(17-26(29)30)27(28-25)20-10-7-11-21(15-20)32-18-19-8-5-4-6-9-19/h4-13,15-16,28H,2-3,14,17-18H2,1H3,(H,29,30). The number of aliphatic carboxylic acids is 1. The summed E-state index contributed by atoms with van der Waals surface area (Å²) in [5, 5.41) is 10.4. The minimum absolute atomic E-state index is 0.0805. The van der Waals surface area contributed by atoms with Gasteiger partial charge in [0.05, 0.1) is 18.7 Å². The average molecular weight is 430 g/mol. The lowest BCUT2D eigenvalue weighted by molar-refractivity contribution is -0.136. The smallest absolute Gasteiger partial charge is 0.307 e. The van der Waals surface area contributed by atoms with Crippen LogP contribution in [0.3, 0.4) is 0 Å². The molecule has 32 heavy (non-hydrogen) atoms. The van der Waals surface area contributed by atoms with Gasteiger partial charge in [0.15, 0.2) is 0 Å². The van der Waals surface area contributed by atoms with E-state index in [4.69, 9.17) is 9.47 Å². The highest BCUT2D eigenvalue weighted by molar-refractivity contribution is 5.94. The number of H-pyrrole nitrogens is 1. The SMILES string of the molecule is CCCCOc1ccc2[nH]c(-c3cccc(OCc4ccccc4)c3)c(CC(=O)O)c2c1. The molecule has 0 spiro atoms. The Morgan fingerprint density at radius 3 is 2.53 bits per heavy atom. The molecule has 1 heterocycles. The first-order chi connectivity index (χ1) is 15.6. The maximum absolute atomic E-state index is 11.6. The lowest BCUT2D eigenvalue weighted by Gasteiger charge is -2.09. The number of benzene rings is 3. The van der Waals surface area contributed by atoms with Crippen molar-refractivity contribution < 1.29 is 19.4 Å². The molecule has 0 fully saturated rings. The molecule has 0 aliphatic carbocycles. The number of ether oxygens (including phenoxy) is 2. The topological polar surface area (TPSA) is 71.5 Å². The molecule has 0 aliphatic rings. The molecule has 3 aromatic carbocycles. The number of aromatic nitrogens is 1. The molecule has 5 nitrogen and oxygen atoms in total. The fraction of sp³-hybridized carbons (Fsp3) is 0.222. The van der Waals surface area contributed by atoms with Crippen LogP contribution in [0.4, 0.5) is 0 Å². The second-order valence-corrected chi connectivity index (χ2v) is 7.76. The van der Waals surface area contributed by atoms with Crippen molar-refractivity contribution in [2.24, 2.45) is 0 Å². The van der Waals surface area contributed by atoms with Crippen LogP contribution in [0.5, 0.6) is 11.5 Å². The second kappa shape index (κ2) is 10.1. The molecule has 0 radical (unpaired) electrons. The van der Waals surface area contributed by atoms with Gasteiger partial charge >= 0.3 is 5.97 Å². The Balaban J connectivity index is 1.65. The number of carboxylic acid groups (broad SMARTS) is 1. The second-order valence-electron chi connectivity index (χ2n) is 7.76. The molecule has 0 bridgehead atoms. The summed E-state index contributed by atoms with van der Waals surface area (Å²) in [5.74, 6) is 0.610. The van der Waals surface area contributed by atoms with Crippen molar-refractivity contribution in [2.45, 2.75) is 32.8 Å². The number of hydrogen-bond acceptors (Lipinski definition) is 3. The highest BCUT2D eigenvalue weighted by Gasteiger charge is 2.17. The van der Waals surface area contributed by atoms with Gasteiger partial charge in [-0.3, -0.25) is 4.79 Å². The number of carbonyl (C=O) groups is 1. The minimum atomic E-state index is -0.874. The number of unbranched alkanes of at least 4 members (excludes halogenated alkanes) is 1. The zero-order chi connectivity index (χ0) is 22.3. The molecular formula is C27H27NO4. The van der Waals surface area contributed by atoms with Crippen molar-refractivity contribution in [2.75, 3.05) is 6.61 Å². The molecule has 0 saturated heterocycles. The van der Waals surface area contributed by atoms with Crippen molar-refractivity contribution in [3.63, 3.8) is 0 Å². The fourth-order valence-corrected chi connectivity index (χ4v) is 3.71. The van der Waals surface area contributed by atoms with E-state index >= 15 is 0 Å². The molecule has 0 amide bonds. The van der Waals surface area contributed by atoms with Gasteiger partial charge in [-0.25, -0.2) is 0 Å². The molecule has 2 N–H and O–H groups in total. The predicted molar refractivity (Wildman–Crippen MR) is 126 cm³/mol. The molecule has 5 heteroatoms. The van der Waals surface area contributed by atoms with Gasteiger partial charge in [-0.1, -0.05) is 55.8 Å². The van der Waals surface area contributed by atoms with Gasteiger partial charge in [-0.05, 0) is 47.9 Å². The van der Waals surface area contributed by atoms with Gasteiger partial charge in [0.2, 0.25) is 0 Å². The van der Waals surface area contributed by atoms with Gasteiger partial charge in [-0.2, -0.15) is 0 Å². The van der Waals surface area contributed by atoms with Crippen molar-refractivity contribution in [3.8, 4) is 22.8 Å². The summed E-state index contributed by atoms with van der Waals surface area (Å²) in [6, 6.07) is 23.5. The molecule has 164 valence electrons. The van der Waals surface area contributed by atoms with E-state index in [1.54, 1.807) is 0 Å². The van der Waals surface area contributed by atoms with Gasteiger partial charge in [-0.15, -0.1) is 0 Å². The third-order valence-corrected chi connectivity index (χ3v) is 5.34. The summed E-state index contributed by atoms with van der Waals surface area (Å²) in [5.41, 5.74) is 4.39. The molecular weight excluding hydrogens is 402 g/mol. The third kappa shape index (κ3) is 5.11. The Kier molecular flexibility index (Phi) is 6.75. The first kappa shape index (κ1) is 21.5. The number of rotatable bonds is 10. The highest BCUT2D eigenvalue weighted by Crippen LogP contribution is 2.34. The molecule has 1 aromatic heterocycles. The molecule has 0 atom stereocenters. The van der Waals surface area contributed by atoms with Crippen LogP contribution >= 0.6 is 0 Å². The first-order valence-corrected chi connectivity index (χ1v) is 10.9. The maximum atomic E-state index is 11.6. The van der Waals surface area contributed by atoms with Crippen molar-refractivity contribution in [1.29, 1.82) is 0 Å². The quantitative estimate of drug-likeness (QED) is 0.294. The lowest BCUT2D eigenvalue weighted by Crippen LogP contribution is -2.01. The van der Waals surface area contributed by atoms with Crippen LogP contribution < -0.4 is 9.47 Å². The van der Waals surface area contributed by atoms with E-state index in [0.717, 1.165) is 57.6 Å². The summed E-state index contributed by atoms with van der Waals surface area (Å²) in [4.78, 5) is 15.1. The van der Waals surface area contributed by atoms with Crippen LogP contribution in [0.2, 0.25) is 0 Å². The monoisotopic (exact) mass is 429 g/mol. The number of aromatic amines is 1. The summed E-state index contributed by atoms with van der Waals surface area (Å²) in [6.07, 6.45) is 1.96. The Bertz CT molecular complexity index is 1200. The zero-order valence-electron chi connectivity index (χ0n) is 18.1. The zero-order valence-corrected chi connectivity index (χ0v) is 18.1. The Hall–Kier alpha value is -3.73. The van der Waals surface area contributed by atoms with Crippen molar-refractivity contribution >= 4 is 16.9 Å². The molecule has 0 saturated carbocycles. The third-order valence-electron chi connectivity index (χ3n) is 5.34. The van der Waals surface area contributed by atoms with E-state index in [-0.39, 0.29) is 6.42 Å². The minimum Gasteiger partial charge on any atom is -0.494 e. The predicted octanol–water partition coefficient (Wildman–Crippen LogP) is 6.22. The van der Waals surface area contributed by atoms with Gasteiger partial charge in [0.1, 0.15) is 18.1 Å². The van der Waals surface area contributed by atoms with Crippen LogP contribution in [0.25, 0.3) is 22.2 Å². The van der Waals surface area contributed by atoms with Crippen LogP contribution in [-0.4, -0.2) is 22.7 Å². The lowest BCUT2D eigenvalue weighted by atomic mass is 10.0. The maximum Gasteiger partial charge on any atom is 0.307 e. The van der Waals surface area contributed by atoms with Crippen LogP contribution in [0, 0.1) is 0 Å². The normalized spacial score (nSPS) is 10.9. The fourth-order valence-electron chi connectivity index (χ4n) is 3.71. The Morgan fingerprint density at radius 1 is 0.938 bits per heavy atom. The van der Waals surface area contributed by atoms with Crippen molar-refractivity contribution in [3.05, 3.63) is 83.9 Å². The number of carboxylic acids is 1. The van der Waals surface area contributed by atoms with Crippen LogP contribution in [-0.2, 0) is 17.8 Å². The molecule has 0 aliphatic heterocycles. The average Bonchev–Trinajstić information content (AvgIpc) is 3.16. The van der Waals surface area contributed by atoms with Gasteiger partial charge in [0.25, 0.3) is 0 Å². The van der Waals surface area contributed by atoms with E-state index in [9.17, 15) is 9.90 Å². The van der Waals surface area contributed by atoms with Crippen molar-refractivity contribution in [1.82, 2.24) is 4.98 Å². The number of fused-ring (bicyclic) bond motifs is 1. The molecule has 0 unspecified atom stereocenters.